The van der Waals surface area contributed by atoms with Gasteiger partial charge in [0, 0.05) is 23.2 Å². The number of anilines is 2. The third kappa shape index (κ3) is 1.68. The minimum absolute atomic E-state index is 0.113. The van der Waals surface area contributed by atoms with E-state index in [2.05, 4.69) is 54.7 Å². The number of aromatic nitrogens is 3. The summed E-state index contributed by atoms with van der Waals surface area (Å²) in [5.41, 5.74) is 5.40. The van der Waals surface area contributed by atoms with E-state index in [1.54, 1.807) is 6.33 Å². The number of fused-ring (bicyclic) bond motifs is 4. The van der Waals surface area contributed by atoms with Crippen LogP contribution in [-0.4, -0.2) is 33.3 Å². The minimum Gasteiger partial charge on any atom is -0.328 e. The smallest absolute Gasteiger partial charge is 0.115 e. The van der Waals surface area contributed by atoms with Crippen molar-refractivity contribution >= 4 is 17.6 Å². The van der Waals surface area contributed by atoms with Gasteiger partial charge in [-0.2, -0.15) is 0 Å². The van der Waals surface area contributed by atoms with E-state index in [1.807, 2.05) is 24.7 Å². The Kier molecular flexibility index (Phi) is 2.68. The number of hydrogen-bond acceptors (Lipinski definition) is 5. The molecule has 0 aliphatic carbocycles. The van der Waals surface area contributed by atoms with Gasteiger partial charge in [0.25, 0.3) is 0 Å². The van der Waals surface area contributed by atoms with Gasteiger partial charge < -0.3 is 4.90 Å². The molecule has 5 rings (SSSR count). The normalized spacial score (nSPS) is 26.6. The lowest BCUT2D eigenvalue weighted by molar-refractivity contribution is 0.348. The lowest BCUT2D eigenvalue weighted by Gasteiger charge is -2.53. The zero-order valence-electron chi connectivity index (χ0n) is 14.9. The summed E-state index contributed by atoms with van der Waals surface area (Å²) >= 11 is 0. The summed E-state index contributed by atoms with van der Waals surface area (Å²) < 4.78 is 0. The zero-order chi connectivity index (χ0) is 17.4. The van der Waals surface area contributed by atoms with E-state index >= 15 is 0 Å². The first kappa shape index (κ1) is 14.8. The topological polar surface area (TPSA) is 54.3 Å². The molecule has 2 atom stereocenters. The van der Waals surface area contributed by atoms with E-state index in [1.165, 1.54) is 11.3 Å². The van der Waals surface area contributed by atoms with Crippen LogP contribution < -0.4 is 4.90 Å². The van der Waals surface area contributed by atoms with Crippen molar-refractivity contribution < 1.29 is 0 Å². The van der Waals surface area contributed by atoms with Crippen molar-refractivity contribution in [3.63, 3.8) is 0 Å². The molecule has 2 unspecified atom stereocenters. The molecule has 126 valence electrons. The Balaban J connectivity index is 1.91. The second-order valence-corrected chi connectivity index (χ2v) is 8.15. The standard InChI is InChI=1S/C20H21N5/c1-19(2)12-7-9-23-18-15(12)25(14-10-21-11-24-17(14)19)13-6-5-8-22-16(13)20(18,3)4/h5-11,13,16H,1-4H3. The molecular weight excluding hydrogens is 310 g/mol. The average Bonchev–Trinajstić information content (AvgIpc) is 2.61. The molecule has 0 spiro atoms. The molecule has 5 heteroatoms. The molecule has 2 aromatic heterocycles. The first-order valence-electron chi connectivity index (χ1n) is 8.73. The molecule has 0 bridgehead atoms. The highest BCUT2D eigenvalue weighted by Gasteiger charge is 2.52. The van der Waals surface area contributed by atoms with Gasteiger partial charge in [-0.05, 0) is 31.6 Å². The van der Waals surface area contributed by atoms with Crippen LogP contribution in [0.4, 0.5) is 11.4 Å². The summed E-state index contributed by atoms with van der Waals surface area (Å²) in [5, 5.41) is 0. The van der Waals surface area contributed by atoms with Crippen LogP contribution in [0.1, 0.15) is 44.6 Å². The molecule has 0 amide bonds. The number of nitrogens with zero attached hydrogens (tertiary/aromatic N) is 5. The summed E-state index contributed by atoms with van der Waals surface area (Å²) in [6.45, 7) is 8.98. The van der Waals surface area contributed by atoms with Gasteiger partial charge in [0.05, 0.1) is 41.0 Å². The molecule has 2 aromatic rings. The first-order valence-corrected chi connectivity index (χ1v) is 8.73. The summed E-state index contributed by atoms with van der Waals surface area (Å²) in [6, 6.07) is 2.40. The highest BCUT2D eigenvalue weighted by Crippen LogP contribution is 2.55. The van der Waals surface area contributed by atoms with Gasteiger partial charge in [0.1, 0.15) is 6.33 Å². The van der Waals surface area contributed by atoms with Crippen LogP contribution in [0.5, 0.6) is 0 Å². The minimum atomic E-state index is -0.188. The zero-order valence-corrected chi connectivity index (χ0v) is 14.9. The van der Waals surface area contributed by atoms with E-state index in [0.29, 0.717) is 0 Å². The summed E-state index contributed by atoms with van der Waals surface area (Å²) in [7, 11) is 0. The number of allylic oxidation sites excluding steroid dienone is 1. The maximum Gasteiger partial charge on any atom is 0.115 e. The van der Waals surface area contributed by atoms with Crippen molar-refractivity contribution in [3.05, 3.63) is 53.9 Å². The third-order valence-corrected chi connectivity index (χ3v) is 6.00. The van der Waals surface area contributed by atoms with Gasteiger partial charge in [0.15, 0.2) is 0 Å². The van der Waals surface area contributed by atoms with Crippen LogP contribution in [0, 0.1) is 0 Å². The SMILES string of the molecule is CC1(C)c2ccnc3c2N(c2cncnc21)C1C=CC=NC1C3(C)C. The lowest BCUT2D eigenvalue weighted by Crippen LogP contribution is -2.56. The molecule has 0 saturated heterocycles. The van der Waals surface area contributed by atoms with Gasteiger partial charge >= 0.3 is 0 Å². The lowest BCUT2D eigenvalue weighted by atomic mass is 9.67. The predicted octanol–water partition coefficient (Wildman–Crippen LogP) is 3.32. The molecule has 3 aliphatic rings. The maximum absolute atomic E-state index is 4.83. The molecule has 0 N–H and O–H groups in total. The fourth-order valence-electron chi connectivity index (χ4n) is 4.69. The molecule has 5 nitrogen and oxygen atoms in total. The van der Waals surface area contributed by atoms with E-state index in [4.69, 9.17) is 9.98 Å². The Bertz CT molecular complexity index is 941. The quantitative estimate of drug-likeness (QED) is 0.743. The van der Waals surface area contributed by atoms with Crippen molar-refractivity contribution in [3.8, 4) is 0 Å². The van der Waals surface area contributed by atoms with Crippen molar-refractivity contribution in [1.82, 2.24) is 15.0 Å². The summed E-state index contributed by atoms with van der Waals surface area (Å²) in [6.07, 6.45) is 11.7. The number of dihydropyridines is 1. The Labute approximate surface area is 147 Å². The van der Waals surface area contributed by atoms with Crippen molar-refractivity contribution in [2.45, 2.75) is 50.6 Å². The second-order valence-electron chi connectivity index (χ2n) is 8.15. The second kappa shape index (κ2) is 4.54. The molecule has 0 aromatic carbocycles. The average molecular weight is 331 g/mol. The monoisotopic (exact) mass is 331 g/mol. The van der Waals surface area contributed by atoms with Crippen LogP contribution in [0.15, 0.2) is 41.9 Å². The third-order valence-electron chi connectivity index (χ3n) is 6.00. The fourth-order valence-corrected chi connectivity index (χ4v) is 4.69. The number of hydrogen-bond donors (Lipinski definition) is 0. The Morgan fingerprint density at radius 2 is 1.92 bits per heavy atom. The Hall–Kier alpha value is -2.56. The number of pyridine rings is 1. The van der Waals surface area contributed by atoms with E-state index in [-0.39, 0.29) is 22.9 Å². The van der Waals surface area contributed by atoms with E-state index in [0.717, 1.165) is 17.1 Å². The molecule has 5 heterocycles. The van der Waals surface area contributed by atoms with Crippen LogP contribution in [0.3, 0.4) is 0 Å². The van der Waals surface area contributed by atoms with Crippen LogP contribution in [0.2, 0.25) is 0 Å². The Morgan fingerprint density at radius 1 is 1.08 bits per heavy atom. The molecule has 0 radical (unpaired) electrons. The highest BCUT2D eigenvalue weighted by molar-refractivity contribution is 5.83. The molecular formula is C20H21N5. The summed E-state index contributed by atoms with van der Waals surface area (Å²) in [5.74, 6) is 0. The van der Waals surface area contributed by atoms with Crippen molar-refractivity contribution in [2.24, 2.45) is 4.99 Å². The van der Waals surface area contributed by atoms with Crippen LogP contribution in [-0.2, 0) is 10.8 Å². The van der Waals surface area contributed by atoms with Gasteiger partial charge in [-0.1, -0.05) is 19.9 Å². The predicted molar refractivity (Wildman–Crippen MR) is 98.8 cm³/mol. The molecule has 0 fully saturated rings. The van der Waals surface area contributed by atoms with Gasteiger partial charge in [-0.3, -0.25) is 9.98 Å². The number of rotatable bonds is 0. The van der Waals surface area contributed by atoms with Crippen LogP contribution in [0.25, 0.3) is 0 Å². The molecule has 25 heavy (non-hydrogen) atoms. The van der Waals surface area contributed by atoms with Gasteiger partial charge in [-0.15, -0.1) is 0 Å². The highest BCUT2D eigenvalue weighted by atomic mass is 15.2. The summed E-state index contributed by atoms with van der Waals surface area (Å²) in [4.78, 5) is 21.0. The Morgan fingerprint density at radius 3 is 2.76 bits per heavy atom. The van der Waals surface area contributed by atoms with Crippen molar-refractivity contribution in [1.29, 1.82) is 0 Å². The van der Waals surface area contributed by atoms with Crippen LogP contribution >= 0.6 is 0 Å². The molecule has 0 saturated carbocycles. The van der Waals surface area contributed by atoms with Gasteiger partial charge in [0.2, 0.25) is 0 Å². The maximum atomic E-state index is 4.83. The van der Waals surface area contributed by atoms with Crippen molar-refractivity contribution in [2.75, 3.05) is 4.90 Å². The largest absolute Gasteiger partial charge is 0.328 e. The van der Waals surface area contributed by atoms with E-state index in [9.17, 15) is 0 Å². The van der Waals surface area contributed by atoms with E-state index < -0.39 is 0 Å². The fraction of sp³-hybridized carbons (Fsp3) is 0.400. The molecule has 3 aliphatic heterocycles. The van der Waals surface area contributed by atoms with Gasteiger partial charge in [-0.25, -0.2) is 9.97 Å². The first-order chi connectivity index (χ1) is 11.9. The number of aliphatic imine (C=N–C) groups is 1.